The van der Waals surface area contributed by atoms with Crippen molar-refractivity contribution in [2.75, 3.05) is 0 Å². The molecule has 0 saturated carbocycles. The Morgan fingerprint density at radius 2 is 2.04 bits per heavy atom. The summed E-state index contributed by atoms with van der Waals surface area (Å²) in [6.45, 7) is 10.1. The van der Waals surface area contributed by atoms with E-state index in [4.69, 9.17) is 4.74 Å². The third-order valence-electron chi connectivity index (χ3n) is 3.80. The van der Waals surface area contributed by atoms with E-state index in [0.717, 1.165) is 27.7 Å². The number of fused-ring (bicyclic) bond motifs is 1. The number of aromatic nitrogens is 2. The Kier molecular flexibility index (Phi) is 4.58. The van der Waals surface area contributed by atoms with Crippen LogP contribution in [0.3, 0.4) is 0 Å². The minimum Gasteiger partial charge on any atom is -0.491 e. The Bertz CT molecular complexity index is 833. The van der Waals surface area contributed by atoms with E-state index in [-0.39, 0.29) is 23.0 Å². The topological polar surface area (TPSA) is 59.4 Å². The van der Waals surface area contributed by atoms with Gasteiger partial charge in [0.2, 0.25) is 0 Å². The smallest absolute Gasteiger partial charge is 0.271 e. The van der Waals surface area contributed by atoms with Gasteiger partial charge in [-0.05, 0) is 52.3 Å². The fraction of sp³-hybridized carbons (Fsp3) is 0.444. The van der Waals surface area contributed by atoms with Gasteiger partial charge < -0.3 is 4.74 Å². The third kappa shape index (κ3) is 3.15. The van der Waals surface area contributed by atoms with Crippen LogP contribution in [0.4, 0.5) is 5.82 Å². The molecule has 0 radical (unpaired) electrons. The van der Waals surface area contributed by atoms with Gasteiger partial charge in [-0.25, -0.2) is 4.99 Å². The summed E-state index contributed by atoms with van der Waals surface area (Å²) in [5.74, 6) is 1.57. The molecule has 6 heteroatoms. The Labute approximate surface area is 146 Å². The molecule has 1 aliphatic heterocycles. The van der Waals surface area contributed by atoms with Gasteiger partial charge in [0.15, 0.2) is 5.82 Å². The van der Waals surface area contributed by atoms with Gasteiger partial charge in [-0.1, -0.05) is 23.9 Å². The van der Waals surface area contributed by atoms with Crippen LogP contribution in [-0.2, 0) is 0 Å². The van der Waals surface area contributed by atoms with Crippen molar-refractivity contribution in [2.24, 2.45) is 4.99 Å². The Balaban J connectivity index is 2.09. The number of rotatable bonds is 4. The first-order valence-corrected chi connectivity index (χ1v) is 9.07. The first-order chi connectivity index (χ1) is 11.4. The highest BCUT2D eigenvalue weighted by molar-refractivity contribution is 8.14. The van der Waals surface area contributed by atoms with E-state index in [9.17, 15) is 4.79 Å². The number of hydrogen-bond acceptors (Lipinski definition) is 4. The molecule has 0 amide bonds. The van der Waals surface area contributed by atoms with Crippen molar-refractivity contribution in [1.82, 2.24) is 9.78 Å². The van der Waals surface area contributed by atoms with E-state index in [1.807, 2.05) is 63.6 Å². The van der Waals surface area contributed by atoms with E-state index in [1.54, 1.807) is 11.8 Å². The van der Waals surface area contributed by atoms with Crippen LogP contribution in [-0.4, -0.2) is 20.9 Å². The quantitative estimate of drug-likeness (QED) is 0.892. The number of nitrogens with one attached hydrogen (secondary N) is 1. The third-order valence-corrected chi connectivity index (χ3v) is 4.97. The molecular formula is C18H23N3O2S. The predicted molar refractivity (Wildman–Crippen MR) is 99.8 cm³/mol. The average Bonchev–Trinajstić information content (AvgIpc) is 2.83. The molecule has 0 aliphatic carbocycles. The second-order valence-electron chi connectivity index (χ2n) is 6.51. The number of hydrogen-bond donors (Lipinski definition) is 1. The van der Waals surface area contributed by atoms with Crippen molar-refractivity contribution in [1.29, 1.82) is 0 Å². The number of thioether (sulfide) groups is 1. The summed E-state index contributed by atoms with van der Waals surface area (Å²) >= 11 is 1.61. The summed E-state index contributed by atoms with van der Waals surface area (Å²) in [5.41, 5.74) is 1.71. The zero-order valence-electron chi connectivity index (χ0n) is 14.7. The summed E-state index contributed by atoms with van der Waals surface area (Å²) < 4.78 is 7.65. The van der Waals surface area contributed by atoms with Gasteiger partial charge in [0.05, 0.1) is 22.0 Å². The fourth-order valence-corrected chi connectivity index (χ4v) is 3.93. The standard InChI is InChI=1S/C18H23N3O2S/c1-10(2)21-17-15(18(22)20-21)16(24-12(5)19-17)13-7-6-8-14(9-13)23-11(3)4/h6-11,16H,1-5H3,(H,20,22)/t16-/m1/s1. The highest BCUT2D eigenvalue weighted by Crippen LogP contribution is 2.44. The van der Waals surface area contributed by atoms with E-state index >= 15 is 0 Å². The van der Waals surface area contributed by atoms with Crippen LogP contribution in [0.2, 0.25) is 0 Å². The number of aliphatic imine (C=N–C) groups is 1. The van der Waals surface area contributed by atoms with Gasteiger partial charge in [-0.2, -0.15) is 0 Å². The van der Waals surface area contributed by atoms with E-state index in [0.29, 0.717) is 0 Å². The second kappa shape index (κ2) is 6.51. The lowest BCUT2D eigenvalue weighted by Crippen LogP contribution is -2.14. The second-order valence-corrected chi connectivity index (χ2v) is 7.81. The minimum absolute atomic E-state index is 0.0670. The SMILES string of the molecule is CC1=Nc2c(c(=O)[nH]n2C(C)C)[C@@H](c2cccc(OC(C)C)c2)S1. The van der Waals surface area contributed by atoms with Gasteiger partial charge in [-0.15, -0.1) is 0 Å². The first kappa shape index (κ1) is 16.9. The molecule has 24 heavy (non-hydrogen) atoms. The van der Waals surface area contributed by atoms with Crippen molar-refractivity contribution in [3.05, 3.63) is 45.7 Å². The maximum atomic E-state index is 12.6. The lowest BCUT2D eigenvalue weighted by Gasteiger charge is -2.22. The number of nitrogens with zero attached hydrogens (tertiary/aromatic N) is 2. The number of aromatic amines is 1. The minimum atomic E-state index is -0.0723. The highest BCUT2D eigenvalue weighted by atomic mass is 32.2. The molecule has 3 rings (SSSR count). The molecule has 128 valence electrons. The molecule has 1 N–H and O–H groups in total. The monoisotopic (exact) mass is 345 g/mol. The lowest BCUT2D eigenvalue weighted by molar-refractivity contribution is 0.242. The van der Waals surface area contributed by atoms with Gasteiger partial charge in [0, 0.05) is 6.04 Å². The number of ether oxygens (including phenoxy) is 1. The molecule has 1 aliphatic rings. The van der Waals surface area contributed by atoms with Crippen LogP contribution in [0.5, 0.6) is 5.75 Å². The van der Waals surface area contributed by atoms with Crippen molar-refractivity contribution >= 4 is 22.6 Å². The van der Waals surface area contributed by atoms with Gasteiger partial charge in [-0.3, -0.25) is 14.6 Å². The van der Waals surface area contributed by atoms with E-state index in [2.05, 4.69) is 10.1 Å². The molecule has 2 heterocycles. The molecule has 0 saturated heterocycles. The molecule has 1 atom stereocenters. The normalized spacial score (nSPS) is 17.1. The van der Waals surface area contributed by atoms with Crippen LogP contribution < -0.4 is 10.3 Å². The van der Waals surface area contributed by atoms with Crippen LogP contribution in [0.1, 0.15) is 57.0 Å². The molecule has 0 spiro atoms. The maximum Gasteiger partial charge on any atom is 0.271 e. The molecule has 1 aromatic carbocycles. The Morgan fingerprint density at radius 3 is 2.71 bits per heavy atom. The molecule has 0 bridgehead atoms. The van der Waals surface area contributed by atoms with Gasteiger partial charge in [0.25, 0.3) is 5.56 Å². The van der Waals surface area contributed by atoms with Crippen LogP contribution >= 0.6 is 11.8 Å². The summed E-state index contributed by atoms with van der Waals surface area (Å²) in [5, 5.41) is 3.81. The van der Waals surface area contributed by atoms with Crippen LogP contribution in [0, 0.1) is 0 Å². The molecule has 2 aromatic rings. The summed E-state index contributed by atoms with van der Waals surface area (Å²) in [6, 6.07) is 8.13. The van der Waals surface area contributed by atoms with Crippen molar-refractivity contribution < 1.29 is 4.74 Å². The largest absolute Gasteiger partial charge is 0.491 e. The molecule has 1 aromatic heterocycles. The first-order valence-electron chi connectivity index (χ1n) is 8.19. The zero-order chi connectivity index (χ0) is 17.4. The lowest BCUT2D eigenvalue weighted by atomic mass is 10.1. The van der Waals surface area contributed by atoms with Crippen LogP contribution in [0.25, 0.3) is 0 Å². The molecule has 0 unspecified atom stereocenters. The van der Waals surface area contributed by atoms with E-state index < -0.39 is 0 Å². The van der Waals surface area contributed by atoms with Crippen molar-refractivity contribution in [2.45, 2.75) is 52.0 Å². The molecule has 5 nitrogen and oxygen atoms in total. The zero-order valence-corrected chi connectivity index (χ0v) is 15.5. The Hall–Kier alpha value is -1.95. The van der Waals surface area contributed by atoms with E-state index in [1.165, 1.54) is 0 Å². The van der Waals surface area contributed by atoms with Crippen molar-refractivity contribution in [3.63, 3.8) is 0 Å². The number of H-pyrrole nitrogens is 1. The maximum absolute atomic E-state index is 12.6. The highest BCUT2D eigenvalue weighted by Gasteiger charge is 2.30. The van der Waals surface area contributed by atoms with Crippen molar-refractivity contribution in [3.8, 4) is 5.75 Å². The Morgan fingerprint density at radius 1 is 1.29 bits per heavy atom. The molecule has 0 fully saturated rings. The average molecular weight is 345 g/mol. The number of benzene rings is 1. The van der Waals surface area contributed by atoms with Gasteiger partial charge >= 0.3 is 0 Å². The van der Waals surface area contributed by atoms with Gasteiger partial charge in [0.1, 0.15) is 5.75 Å². The summed E-state index contributed by atoms with van der Waals surface area (Å²) in [4.78, 5) is 17.2. The molecular weight excluding hydrogens is 322 g/mol. The summed E-state index contributed by atoms with van der Waals surface area (Å²) in [7, 11) is 0. The summed E-state index contributed by atoms with van der Waals surface area (Å²) in [6.07, 6.45) is 0.114. The fourth-order valence-electron chi connectivity index (χ4n) is 2.84. The predicted octanol–water partition coefficient (Wildman–Crippen LogP) is 4.43. The van der Waals surface area contributed by atoms with Crippen LogP contribution in [0.15, 0.2) is 34.1 Å².